The van der Waals surface area contributed by atoms with Gasteiger partial charge in [0.05, 0.1) is 19.6 Å². The Balaban J connectivity index is 0.00000256. The molecule has 2 aromatic rings. The topological polar surface area (TPSA) is 26.3 Å². The highest BCUT2D eigenvalue weighted by atomic mass is 79.9. The highest BCUT2D eigenvalue weighted by molar-refractivity contribution is 7.12. The molecule has 2 bridgehead atoms. The predicted octanol–water partition coefficient (Wildman–Crippen LogP) is 2.63. The van der Waals surface area contributed by atoms with E-state index in [2.05, 4.69) is 32.1 Å². The molecule has 0 aliphatic carbocycles. The van der Waals surface area contributed by atoms with Crippen LogP contribution in [-0.2, 0) is 14.9 Å². The van der Waals surface area contributed by atoms with Crippen LogP contribution in [0.2, 0.25) is 0 Å². The van der Waals surface area contributed by atoms with Gasteiger partial charge in [-0.2, -0.15) is 0 Å². The lowest BCUT2D eigenvalue weighted by Crippen LogP contribution is -3.00. The quantitative estimate of drug-likeness (QED) is 0.325. The Hall–Kier alpha value is -0.950. The van der Waals surface area contributed by atoms with Crippen LogP contribution in [0.3, 0.4) is 0 Å². The van der Waals surface area contributed by atoms with E-state index in [1.807, 2.05) is 29.8 Å². The number of esters is 1. The molecule has 3 aliphatic rings. The average molecular weight is 511 g/mol. The number of nitrogens with zero attached hydrogens (tertiary/aromatic N) is 1. The molecule has 0 saturated carbocycles. The Labute approximate surface area is 199 Å². The molecule has 0 radical (unpaired) electrons. The van der Waals surface area contributed by atoms with Crippen molar-refractivity contribution in [2.24, 2.45) is 5.92 Å². The minimum atomic E-state index is -0.707. The van der Waals surface area contributed by atoms with Crippen LogP contribution >= 0.6 is 22.7 Å². The molecule has 0 amide bonds. The Morgan fingerprint density at radius 2 is 1.77 bits per heavy atom. The van der Waals surface area contributed by atoms with Crippen molar-refractivity contribution in [2.45, 2.75) is 51.6 Å². The van der Waals surface area contributed by atoms with Crippen molar-refractivity contribution in [3.05, 3.63) is 56.4 Å². The third-order valence-corrected chi connectivity index (χ3v) is 9.08. The summed E-state index contributed by atoms with van der Waals surface area (Å²) in [5.74, 6) is 0.446. The first-order valence-electron chi connectivity index (χ1n) is 10.7. The van der Waals surface area contributed by atoms with Gasteiger partial charge >= 0.3 is 5.97 Å². The Bertz CT molecular complexity index is 814. The van der Waals surface area contributed by atoms with E-state index in [9.17, 15) is 4.79 Å². The Kier molecular flexibility index (Phi) is 7.65. The van der Waals surface area contributed by atoms with Crippen LogP contribution in [0.15, 0.2) is 46.7 Å². The first-order valence-corrected chi connectivity index (χ1v) is 12.5. The molecule has 2 aromatic heterocycles. The smallest absolute Gasteiger partial charge is 0.322 e. The molecule has 0 aromatic carbocycles. The molecule has 3 aliphatic heterocycles. The summed E-state index contributed by atoms with van der Waals surface area (Å²) in [7, 11) is 0. The van der Waals surface area contributed by atoms with Gasteiger partial charge < -0.3 is 26.2 Å². The van der Waals surface area contributed by atoms with Gasteiger partial charge in [-0.05, 0) is 43.7 Å². The highest BCUT2D eigenvalue weighted by Gasteiger charge is 2.49. The number of hydrogen-bond acceptors (Lipinski definition) is 4. The van der Waals surface area contributed by atoms with Crippen molar-refractivity contribution in [2.75, 3.05) is 26.2 Å². The fraction of sp³-hybridized carbons (Fsp3) is 0.542. The molecule has 5 rings (SSSR count). The number of carbonyl (C=O) groups is 1. The zero-order valence-corrected chi connectivity index (χ0v) is 21.3. The van der Waals surface area contributed by atoms with Crippen molar-refractivity contribution in [3.63, 3.8) is 0 Å². The van der Waals surface area contributed by atoms with Gasteiger partial charge in [0, 0.05) is 34.9 Å². The zero-order valence-electron chi connectivity index (χ0n) is 18.1. The molecule has 164 valence electrons. The molecule has 0 N–H and O–H groups in total. The number of carbonyl (C=O) groups excluding carboxylic acids is 1. The van der Waals surface area contributed by atoms with Crippen molar-refractivity contribution in [1.29, 1.82) is 0 Å². The maximum atomic E-state index is 13.6. The number of quaternary nitrogens is 1. The number of rotatable bonds is 7. The molecule has 3 nitrogen and oxygen atoms in total. The van der Waals surface area contributed by atoms with Crippen LogP contribution in [-0.4, -0.2) is 42.7 Å². The minimum absolute atomic E-state index is 0. The second-order valence-corrected chi connectivity index (χ2v) is 11.0. The maximum Gasteiger partial charge on any atom is 0.322 e. The van der Waals surface area contributed by atoms with E-state index in [1.54, 1.807) is 22.7 Å². The van der Waals surface area contributed by atoms with Gasteiger partial charge in [-0.1, -0.05) is 23.8 Å². The van der Waals surface area contributed by atoms with Crippen LogP contribution in [0.25, 0.3) is 0 Å². The van der Waals surface area contributed by atoms with Gasteiger partial charge in [0.1, 0.15) is 12.0 Å². The summed E-state index contributed by atoms with van der Waals surface area (Å²) in [5.41, 5.74) is 0.682. The van der Waals surface area contributed by atoms with Crippen LogP contribution < -0.4 is 17.0 Å². The lowest BCUT2D eigenvalue weighted by Gasteiger charge is -2.52. The predicted molar refractivity (Wildman–Crippen MR) is 121 cm³/mol. The molecule has 1 atom stereocenters. The molecule has 3 saturated heterocycles. The third kappa shape index (κ3) is 4.62. The van der Waals surface area contributed by atoms with Gasteiger partial charge in [0.15, 0.2) is 6.10 Å². The van der Waals surface area contributed by atoms with E-state index in [4.69, 9.17) is 4.74 Å². The van der Waals surface area contributed by atoms with E-state index >= 15 is 0 Å². The van der Waals surface area contributed by atoms with Gasteiger partial charge in [-0.15, -0.1) is 22.7 Å². The summed E-state index contributed by atoms with van der Waals surface area (Å²) in [6.07, 6.45) is 5.88. The van der Waals surface area contributed by atoms with Gasteiger partial charge in [0.25, 0.3) is 0 Å². The lowest BCUT2D eigenvalue weighted by molar-refractivity contribution is -0.945. The van der Waals surface area contributed by atoms with Crippen LogP contribution in [0.1, 0.15) is 49.8 Å². The first kappa shape index (κ1) is 23.7. The van der Waals surface area contributed by atoms with E-state index in [-0.39, 0.29) is 29.1 Å². The van der Waals surface area contributed by atoms with Crippen molar-refractivity contribution in [1.82, 2.24) is 0 Å². The Morgan fingerprint density at radius 1 is 1.17 bits per heavy atom. The molecule has 30 heavy (non-hydrogen) atoms. The third-order valence-electron chi connectivity index (χ3n) is 6.89. The van der Waals surface area contributed by atoms with Crippen LogP contribution in [0, 0.1) is 5.92 Å². The Morgan fingerprint density at radius 3 is 2.27 bits per heavy atom. The highest BCUT2D eigenvalue weighted by Crippen LogP contribution is 2.41. The van der Waals surface area contributed by atoms with E-state index in [0.29, 0.717) is 5.92 Å². The summed E-state index contributed by atoms with van der Waals surface area (Å²) in [5, 5.41) is 4.10. The number of piperidine rings is 3. The van der Waals surface area contributed by atoms with E-state index < -0.39 is 5.41 Å². The number of thiophene rings is 2. The SMILES string of the molecule is CC(C)=CCC[N+]12CCC(CC1)[C@@H](OC(=O)C(C)(c1cccs1)c1cccs1)C2.[Br-]. The monoisotopic (exact) mass is 509 g/mol. The van der Waals surface area contributed by atoms with Crippen molar-refractivity contribution in [3.8, 4) is 0 Å². The first-order chi connectivity index (χ1) is 13.9. The number of fused-ring (bicyclic) bond motifs is 3. The summed E-state index contributed by atoms with van der Waals surface area (Å²) < 4.78 is 7.45. The average Bonchev–Trinajstić information content (AvgIpc) is 3.42. The summed E-state index contributed by atoms with van der Waals surface area (Å²) in [4.78, 5) is 15.7. The second-order valence-electron chi connectivity index (χ2n) is 9.13. The molecule has 0 spiro atoms. The lowest BCUT2D eigenvalue weighted by atomic mass is 9.82. The number of halogens is 1. The standard InChI is InChI=1S/C24H32NO2S2.BrH/c1-18(2)7-4-12-25-13-10-19(11-14-25)20(17-25)27-23(26)24(3,21-8-5-15-28-21)22-9-6-16-29-22;/h5-9,15-16,19-20H,4,10-14,17H2,1-3H3;1H/q+1;/p-1/t19?,20-,25?;/m0./s1. The number of ether oxygens (including phenoxy) is 1. The maximum absolute atomic E-state index is 13.6. The fourth-order valence-corrected chi connectivity index (χ4v) is 6.84. The van der Waals surface area contributed by atoms with Crippen LogP contribution in [0.4, 0.5) is 0 Å². The van der Waals surface area contributed by atoms with Crippen molar-refractivity contribution >= 4 is 28.6 Å². The van der Waals surface area contributed by atoms with Gasteiger partial charge in [-0.25, -0.2) is 0 Å². The summed E-state index contributed by atoms with van der Waals surface area (Å²) >= 11 is 3.28. The van der Waals surface area contributed by atoms with E-state index in [0.717, 1.165) is 27.2 Å². The summed E-state index contributed by atoms with van der Waals surface area (Å²) in [6.45, 7) is 11.0. The second kappa shape index (κ2) is 9.68. The van der Waals surface area contributed by atoms with Crippen molar-refractivity contribution < 1.29 is 31.0 Å². The van der Waals surface area contributed by atoms with Gasteiger partial charge in [0.2, 0.25) is 0 Å². The molecule has 3 fully saturated rings. The molecular formula is C24H32BrNO2S2. The van der Waals surface area contributed by atoms with E-state index in [1.165, 1.54) is 38.0 Å². The molecule has 6 heteroatoms. The van der Waals surface area contributed by atoms with Crippen LogP contribution in [0.5, 0.6) is 0 Å². The molecule has 0 unspecified atom stereocenters. The normalized spacial score (nSPS) is 25.4. The number of hydrogen-bond donors (Lipinski definition) is 0. The zero-order chi connectivity index (χ0) is 20.5. The van der Waals surface area contributed by atoms with Gasteiger partial charge in [-0.3, -0.25) is 4.79 Å². The fourth-order valence-electron chi connectivity index (χ4n) is 5.00. The molecular weight excluding hydrogens is 478 g/mol. The largest absolute Gasteiger partial charge is 1.00 e. The molecule has 5 heterocycles. The number of allylic oxidation sites excluding steroid dienone is 1. The summed E-state index contributed by atoms with van der Waals surface area (Å²) in [6, 6.07) is 8.18. The minimum Gasteiger partial charge on any atom is -1.00 e.